The molecule has 35 heavy (non-hydrogen) atoms. The Hall–Kier alpha value is -3.47. The zero-order chi connectivity index (χ0) is 24.9. The van der Waals surface area contributed by atoms with Gasteiger partial charge in [0, 0.05) is 29.2 Å². The highest BCUT2D eigenvalue weighted by atomic mass is 35.5. The third-order valence-corrected chi connectivity index (χ3v) is 6.27. The number of benzene rings is 1. The molecular formula is C24H26ClN5O5. The van der Waals surface area contributed by atoms with Crippen LogP contribution in [0.4, 0.5) is 17.2 Å². The summed E-state index contributed by atoms with van der Waals surface area (Å²) in [5.74, 6) is -1.43. The number of halogens is 1. The van der Waals surface area contributed by atoms with Crippen molar-refractivity contribution in [2.24, 2.45) is 5.92 Å². The Morgan fingerprint density at radius 2 is 1.86 bits per heavy atom. The predicted octanol–water partition coefficient (Wildman–Crippen LogP) is 3.38. The maximum atomic E-state index is 13.1. The van der Waals surface area contributed by atoms with Crippen LogP contribution in [0.25, 0.3) is 11.0 Å². The molecule has 0 unspecified atom stereocenters. The van der Waals surface area contributed by atoms with E-state index in [1.807, 2.05) is 7.05 Å². The van der Waals surface area contributed by atoms with Gasteiger partial charge in [-0.15, -0.1) is 0 Å². The first kappa shape index (κ1) is 24.6. The first-order valence-corrected chi connectivity index (χ1v) is 11.6. The van der Waals surface area contributed by atoms with Gasteiger partial charge in [-0.3, -0.25) is 14.4 Å². The fourth-order valence-electron chi connectivity index (χ4n) is 4.15. The summed E-state index contributed by atoms with van der Waals surface area (Å²) in [5, 5.41) is 21.2. The van der Waals surface area contributed by atoms with Gasteiger partial charge in [0.1, 0.15) is 23.7 Å². The van der Waals surface area contributed by atoms with Gasteiger partial charge in [-0.1, -0.05) is 11.6 Å². The Kier molecular flexibility index (Phi) is 7.64. The van der Waals surface area contributed by atoms with Crippen LogP contribution in [0.1, 0.15) is 36.2 Å². The Balaban J connectivity index is 1.65. The quantitative estimate of drug-likeness (QED) is 0.335. The molecule has 184 valence electrons. The third-order valence-electron chi connectivity index (χ3n) is 6.04. The van der Waals surface area contributed by atoms with Crippen LogP contribution in [0.5, 0.6) is 0 Å². The largest absolute Gasteiger partial charge is 0.449 e. The number of rotatable bonds is 7. The van der Waals surface area contributed by atoms with E-state index < -0.39 is 18.4 Å². The maximum Gasteiger partial charge on any atom is 0.294 e. The molecule has 1 aliphatic rings. The fraction of sp³-hybridized carbons (Fsp3) is 0.333. The van der Waals surface area contributed by atoms with Gasteiger partial charge in [-0.05, 0) is 63.1 Å². The summed E-state index contributed by atoms with van der Waals surface area (Å²) in [6, 6.07) is 8.25. The predicted molar refractivity (Wildman–Crippen MR) is 133 cm³/mol. The molecule has 0 spiro atoms. The molecule has 5 N–H and O–H groups in total. The number of pyridine rings is 1. The molecule has 1 fully saturated rings. The average molecular weight is 500 g/mol. The van der Waals surface area contributed by atoms with Gasteiger partial charge in [-0.25, -0.2) is 4.98 Å². The van der Waals surface area contributed by atoms with Crippen LogP contribution in [0.3, 0.4) is 0 Å². The van der Waals surface area contributed by atoms with Crippen molar-refractivity contribution < 1.29 is 23.9 Å². The van der Waals surface area contributed by atoms with Crippen molar-refractivity contribution in [1.82, 2.24) is 10.3 Å². The summed E-state index contributed by atoms with van der Waals surface area (Å²) in [7, 11) is 1.91. The van der Waals surface area contributed by atoms with Gasteiger partial charge < -0.3 is 30.8 Å². The van der Waals surface area contributed by atoms with Crippen molar-refractivity contribution in [3.63, 3.8) is 0 Å². The molecule has 0 atom stereocenters. The number of hydrogen-bond donors (Lipinski definition) is 5. The molecule has 4 rings (SSSR count). The molecule has 0 bridgehead atoms. The Morgan fingerprint density at radius 3 is 2.51 bits per heavy atom. The van der Waals surface area contributed by atoms with Crippen LogP contribution < -0.4 is 21.3 Å². The van der Waals surface area contributed by atoms with E-state index in [0.717, 1.165) is 25.7 Å². The fourth-order valence-corrected chi connectivity index (χ4v) is 4.26. The number of carbonyl (C=O) groups excluding carboxylic acids is 3. The molecule has 10 nitrogen and oxygen atoms in total. The van der Waals surface area contributed by atoms with Gasteiger partial charge in [0.15, 0.2) is 0 Å². The molecule has 2 aromatic heterocycles. The zero-order valence-electron chi connectivity index (χ0n) is 19.1. The molecule has 3 amide bonds. The van der Waals surface area contributed by atoms with E-state index in [4.69, 9.17) is 21.1 Å². The second kappa shape index (κ2) is 10.9. The van der Waals surface area contributed by atoms with Gasteiger partial charge in [0.05, 0.1) is 5.02 Å². The number of amides is 3. The lowest BCUT2D eigenvalue weighted by atomic mass is 9.85. The average Bonchev–Trinajstić information content (AvgIpc) is 3.23. The number of carbonyl (C=O) groups is 3. The highest BCUT2D eigenvalue weighted by molar-refractivity contribution is 6.30. The topological polar surface area (TPSA) is 146 Å². The lowest BCUT2D eigenvalue weighted by Gasteiger charge is -2.27. The zero-order valence-corrected chi connectivity index (χ0v) is 19.8. The number of nitrogens with zero attached hydrogens (tertiary/aromatic N) is 1. The van der Waals surface area contributed by atoms with E-state index in [1.165, 1.54) is 6.20 Å². The third kappa shape index (κ3) is 5.79. The van der Waals surface area contributed by atoms with Crippen LogP contribution in [-0.2, 0) is 9.59 Å². The van der Waals surface area contributed by atoms with Crippen molar-refractivity contribution >= 4 is 57.5 Å². The number of furan rings is 1. The van der Waals surface area contributed by atoms with Crippen molar-refractivity contribution in [3.8, 4) is 0 Å². The molecule has 11 heteroatoms. The minimum Gasteiger partial charge on any atom is -0.449 e. The SMILES string of the molecule is CNC1CCC(C(=O)Nc2c(C(=O)Nc3ccc(Cl)cn3)oc3ccc(NC(=O)CO)cc23)CC1. The number of aromatic nitrogens is 1. The summed E-state index contributed by atoms with van der Waals surface area (Å²) >= 11 is 5.86. The Labute approximate surface area is 206 Å². The summed E-state index contributed by atoms with van der Waals surface area (Å²) in [6.07, 6.45) is 4.61. The van der Waals surface area contributed by atoms with Gasteiger partial charge in [-0.2, -0.15) is 0 Å². The van der Waals surface area contributed by atoms with Gasteiger partial charge >= 0.3 is 0 Å². The van der Waals surface area contributed by atoms with E-state index in [-0.39, 0.29) is 29.1 Å². The number of anilines is 3. The highest BCUT2D eigenvalue weighted by Crippen LogP contribution is 2.35. The van der Waals surface area contributed by atoms with Crippen LogP contribution in [0.2, 0.25) is 5.02 Å². The van der Waals surface area contributed by atoms with Crippen molar-refractivity contribution in [3.05, 3.63) is 47.3 Å². The molecule has 2 heterocycles. The minimum atomic E-state index is -0.677. The number of aliphatic hydroxyl groups excluding tert-OH is 1. The smallest absolute Gasteiger partial charge is 0.294 e. The van der Waals surface area contributed by atoms with Crippen molar-refractivity contribution in [2.45, 2.75) is 31.7 Å². The molecule has 0 radical (unpaired) electrons. The molecule has 1 aromatic carbocycles. The van der Waals surface area contributed by atoms with Crippen molar-refractivity contribution in [2.75, 3.05) is 29.6 Å². The van der Waals surface area contributed by atoms with Crippen LogP contribution in [-0.4, -0.2) is 47.5 Å². The van der Waals surface area contributed by atoms with E-state index in [2.05, 4.69) is 26.3 Å². The van der Waals surface area contributed by atoms with E-state index in [0.29, 0.717) is 27.7 Å². The highest BCUT2D eigenvalue weighted by Gasteiger charge is 2.29. The van der Waals surface area contributed by atoms with E-state index in [1.54, 1.807) is 30.3 Å². The molecule has 1 saturated carbocycles. The summed E-state index contributed by atoms with van der Waals surface area (Å²) < 4.78 is 5.81. The molecule has 0 aliphatic heterocycles. The van der Waals surface area contributed by atoms with Crippen molar-refractivity contribution in [1.29, 1.82) is 0 Å². The Morgan fingerprint density at radius 1 is 1.09 bits per heavy atom. The number of aliphatic hydroxyl groups is 1. The summed E-state index contributed by atoms with van der Waals surface area (Å²) in [5.41, 5.74) is 0.927. The lowest BCUT2D eigenvalue weighted by Crippen LogP contribution is -2.34. The van der Waals surface area contributed by atoms with Crippen LogP contribution in [0.15, 0.2) is 40.9 Å². The van der Waals surface area contributed by atoms with Crippen LogP contribution in [0, 0.1) is 5.92 Å². The van der Waals surface area contributed by atoms with E-state index in [9.17, 15) is 14.4 Å². The summed E-state index contributed by atoms with van der Waals surface area (Å²) in [6.45, 7) is -0.677. The maximum absolute atomic E-state index is 13.1. The summed E-state index contributed by atoms with van der Waals surface area (Å²) in [4.78, 5) is 41.9. The van der Waals surface area contributed by atoms with E-state index >= 15 is 0 Å². The van der Waals surface area contributed by atoms with Gasteiger partial charge in [0.2, 0.25) is 17.6 Å². The lowest BCUT2D eigenvalue weighted by molar-refractivity contribution is -0.121. The second-order valence-corrected chi connectivity index (χ2v) is 8.80. The minimum absolute atomic E-state index is 0.0976. The molecule has 3 aromatic rings. The monoisotopic (exact) mass is 499 g/mol. The number of fused-ring (bicyclic) bond motifs is 1. The molecule has 0 saturated heterocycles. The first-order valence-electron chi connectivity index (χ1n) is 11.3. The first-order chi connectivity index (χ1) is 16.9. The van der Waals surface area contributed by atoms with Crippen LogP contribution >= 0.6 is 11.6 Å². The standard InChI is InChI=1S/C24H26ClN5O5/c1-26-15-5-2-13(3-6-15)23(33)30-21-17-10-16(28-20(32)12-31)7-8-18(17)35-22(21)24(34)29-19-9-4-14(25)11-27-19/h4,7-11,13,15,26,31H,2-3,5-6,12H2,1H3,(H,28,32)(H,30,33)(H,27,29,34). The van der Waals surface area contributed by atoms with Gasteiger partial charge in [0.25, 0.3) is 5.91 Å². The molecule has 1 aliphatic carbocycles. The Bertz CT molecular complexity index is 1240. The molecular weight excluding hydrogens is 474 g/mol. The second-order valence-electron chi connectivity index (χ2n) is 8.37. The normalized spacial score (nSPS) is 17.7. The number of hydrogen-bond acceptors (Lipinski definition) is 7. The number of nitrogens with one attached hydrogen (secondary N) is 4.